The molecule has 0 aliphatic carbocycles. The standard InChI is InChI=1S/C16H22N2O5S/c1-2-22-12-16(19)18-6-5-13-11-14(3-4-15(13)18)24(20,21)17-7-9-23-10-8-17/h3-4,11H,2,5-10,12H2,1H3. The van der Waals surface area contributed by atoms with Gasteiger partial charge in [0.25, 0.3) is 5.91 Å². The molecule has 2 heterocycles. The van der Waals surface area contributed by atoms with Gasteiger partial charge in [-0.1, -0.05) is 0 Å². The van der Waals surface area contributed by atoms with E-state index in [1.807, 2.05) is 6.92 Å². The summed E-state index contributed by atoms with van der Waals surface area (Å²) >= 11 is 0. The molecule has 1 fully saturated rings. The summed E-state index contributed by atoms with van der Waals surface area (Å²) in [7, 11) is -3.51. The van der Waals surface area contributed by atoms with Gasteiger partial charge in [-0.3, -0.25) is 4.79 Å². The van der Waals surface area contributed by atoms with Crippen LogP contribution in [0.25, 0.3) is 0 Å². The molecule has 0 atom stereocenters. The molecule has 24 heavy (non-hydrogen) atoms. The van der Waals surface area contributed by atoms with Gasteiger partial charge in [0.2, 0.25) is 10.0 Å². The van der Waals surface area contributed by atoms with E-state index in [1.165, 1.54) is 4.31 Å². The van der Waals surface area contributed by atoms with Gasteiger partial charge < -0.3 is 14.4 Å². The lowest BCUT2D eigenvalue weighted by Crippen LogP contribution is -2.40. The number of hydrogen-bond donors (Lipinski definition) is 0. The Morgan fingerprint density at radius 3 is 2.71 bits per heavy atom. The van der Waals surface area contributed by atoms with E-state index in [1.54, 1.807) is 23.1 Å². The van der Waals surface area contributed by atoms with Gasteiger partial charge in [-0.2, -0.15) is 4.31 Å². The number of carbonyl (C=O) groups excluding carboxylic acids is 1. The number of anilines is 1. The first-order valence-corrected chi connectivity index (χ1v) is 9.57. The van der Waals surface area contributed by atoms with Crippen LogP contribution in [0.15, 0.2) is 23.1 Å². The quantitative estimate of drug-likeness (QED) is 0.775. The monoisotopic (exact) mass is 354 g/mol. The molecule has 3 rings (SSSR count). The summed E-state index contributed by atoms with van der Waals surface area (Å²) in [5, 5.41) is 0. The van der Waals surface area contributed by atoms with Gasteiger partial charge in [-0.05, 0) is 37.1 Å². The molecular weight excluding hydrogens is 332 g/mol. The molecule has 1 aromatic carbocycles. The van der Waals surface area contributed by atoms with Crippen LogP contribution in [0.4, 0.5) is 5.69 Å². The third-order valence-corrected chi connectivity index (χ3v) is 6.18. The number of ether oxygens (including phenoxy) is 2. The molecule has 1 aromatic rings. The van der Waals surface area contributed by atoms with Crippen molar-refractivity contribution in [3.63, 3.8) is 0 Å². The van der Waals surface area contributed by atoms with Crippen molar-refractivity contribution in [2.75, 3.05) is 51.0 Å². The first kappa shape index (κ1) is 17.3. The average Bonchev–Trinajstić information content (AvgIpc) is 3.03. The maximum absolute atomic E-state index is 12.7. The highest BCUT2D eigenvalue weighted by Crippen LogP contribution is 2.31. The van der Waals surface area contributed by atoms with Crippen molar-refractivity contribution in [2.45, 2.75) is 18.2 Å². The summed E-state index contributed by atoms with van der Waals surface area (Å²) in [4.78, 5) is 14.1. The lowest BCUT2D eigenvalue weighted by Gasteiger charge is -2.26. The van der Waals surface area contributed by atoms with Crippen molar-refractivity contribution < 1.29 is 22.7 Å². The zero-order chi connectivity index (χ0) is 17.2. The zero-order valence-corrected chi connectivity index (χ0v) is 14.5. The number of nitrogens with zero attached hydrogens (tertiary/aromatic N) is 2. The third-order valence-electron chi connectivity index (χ3n) is 4.29. The second-order valence-corrected chi connectivity index (χ2v) is 7.68. The number of sulfonamides is 1. The summed E-state index contributed by atoms with van der Waals surface area (Å²) in [6.07, 6.45) is 0.652. The molecule has 0 N–H and O–H groups in total. The average molecular weight is 354 g/mol. The van der Waals surface area contributed by atoms with Crippen LogP contribution >= 0.6 is 0 Å². The van der Waals surface area contributed by atoms with Gasteiger partial charge in [-0.25, -0.2) is 8.42 Å². The summed E-state index contributed by atoms with van der Waals surface area (Å²) in [6.45, 7) is 4.52. The van der Waals surface area contributed by atoms with Crippen LogP contribution in [0.2, 0.25) is 0 Å². The van der Waals surface area contributed by atoms with E-state index < -0.39 is 10.0 Å². The second-order valence-electron chi connectivity index (χ2n) is 5.74. The van der Waals surface area contributed by atoms with Crippen molar-refractivity contribution in [1.29, 1.82) is 0 Å². The first-order valence-electron chi connectivity index (χ1n) is 8.13. The molecule has 8 heteroatoms. The number of hydrogen-bond acceptors (Lipinski definition) is 5. The Bertz CT molecular complexity index is 713. The van der Waals surface area contributed by atoms with Crippen LogP contribution in [0.3, 0.4) is 0 Å². The van der Waals surface area contributed by atoms with Crippen molar-refractivity contribution in [3.8, 4) is 0 Å². The predicted octanol–water partition coefficient (Wildman–Crippen LogP) is 0.633. The van der Waals surface area contributed by atoms with Gasteiger partial charge in [0, 0.05) is 31.9 Å². The molecule has 1 saturated heterocycles. The first-order chi connectivity index (χ1) is 11.5. The number of carbonyl (C=O) groups is 1. The highest BCUT2D eigenvalue weighted by Gasteiger charge is 2.30. The van der Waals surface area contributed by atoms with E-state index in [9.17, 15) is 13.2 Å². The molecule has 0 radical (unpaired) electrons. The molecule has 0 unspecified atom stereocenters. The number of amides is 1. The Morgan fingerprint density at radius 2 is 2.00 bits per heavy atom. The summed E-state index contributed by atoms with van der Waals surface area (Å²) in [6, 6.07) is 4.99. The lowest BCUT2D eigenvalue weighted by molar-refractivity contribution is -0.122. The SMILES string of the molecule is CCOCC(=O)N1CCc2cc(S(=O)(=O)N3CCOCC3)ccc21. The van der Waals surface area contributed by atoms with E-state index in [4.69, 9.17) is 9.47 Å². The zero-order valence-electron chi connectivity index (χ0n) is 13.7. The third kappa shape index (κ3) is 3.32. The van der Waals surface area contributed by atoms with Crippen LogP contribution < -0.4 is 4.90 Å². The highest BCUT2D eigenvalue weighted by molar-refractivity contribution is 7.89. The Morgan fingerprint density at radius 1 is 1.25 bits per heavy atom. The smallest absolute Gasteiger partial charge is 0.252 e. The summed E-state index contributed by atoms with van der Waals surface area (Å²) in [5.74, 6) is -0.0978. The van der Waals surface area contributed by atoms with E-state index >= 15 is 0 Å². The topological polar surface area (TPSA) is 76.2 Å². The molecule has 7 nitrogen and oxygen atoms in total. The molecule has 0 bridgehead atoms. The molecular formula is C16H22N2O5S. The molecule has 0 saturated carbocycles. The van der Waals surface area contributed by atoms with Crippen molar-refractivity contribution in [1.82, 2.24) is 4.31 Å². The highest BCUT2D eigenvalue weighted by atomic mass is 32.2. The largest absolute Gasteiger partial charge is 0.379 e. The number of benzene rings is 1. The van der Waals surface area contributed by atoms with Gasteiger partial charge in [0.05, 0.1) is 18.1 Å². The van der Waals surface area contributed by atoms with E-state index in [0.29, 0.717) is 45.9 Å². The Hall–Kier alpha value is -1.48. The van der Waals surface area contributed by atoms with Gasteiger partial charge in [-0.15, -0.1) is 0 Å². The fourth-order valence-corrected chi connectivity index (χ4v) is 4.46. The summed E-state index contributed by atoms with van der Waals surface area (Å²) < 4.78 is 37.3. The lowest BCUT2D eigenvalue weighted by atomic mass is 10.2. The van der Waals surface area contributed by atoms with Gasteiger partial charge in [0.1, 0.15) is 6.61 Å². The van der Waals surface area contributed by atoms with Crippen LogP contribution in [0.5, 0.6) is 0 Å². The van der Waals surface area contributed by atoms with Crippen LogP contribution in [-0.4, -0.2) is 64.7 Å². The van der Waals surface area contributed by atoms with Crippen LogP contribution in [-0.2, 0) is 30.7 Å². The van der Waals surface area contributed by atoms with Crippen LogP contribution in [0.1, 0.15) is 12.5 Å². The van der Waals surface area contributed by atoms with Crippen molar-refractivity contribution in [3.05, 3.63) is 23.8 Å². The molecule has 132 valence electrons. The van der Waals surface area contributed by atoms with E-state index in [2.05, 4.69) is 0 Å². The maximum atomic E-state index is 12.7. The normalized spacial score (nSPS) is 18.6. The number of rotatable bonds is 5. The molecule has 0 spiro atoms. The fourth-order valence-electron chi connectivity index (χ4n) is 3.00. The fraction of sp³-hybridized carbons (Fsp3) is 0.562. The minimum absolute atomic E-state index is 0.0454. The predicted molar refractivity (Wildman–Crippen MR) is 88.6 cm³/mol. The Kier molecular flexibility index (Phi) is 5.19. The van der Waals surface area contributed by atoms with Gasteiger partial charge >= 0.3 is 0 Å². The Balaban J connectivity index is 1.81. The van der Waals surface area contributed by atoms with Crippen molar-refractivity contribution >= 4 is 21.6 Å². The van der Waals surface area contributed by atoms with E-state index in [0.717, 1.165) is 11.3 Å². The van der Waals surface area contributed by atoms with Crippen molar-refractivity contribution in [2.24, 2.45) is 0 Å². The summed E-state index contributed by atoms with van der Waals surface area (Å²) in [5.41, 5.74) is 1.66. The molecule has 0 aromatic heterocycles. The molecule has 2 aliphatic rings. The minimum Gasteiger partial charge on any atom is -0.379 e. The Labute approximate surface area is 142 Å². The van der Waals surface area contributed by atoms with Crippen LogP contribution in [0, 0.1) is 0 Å². The molecule has 1 amide bonds. The van der Waals surface area contributed by atoms with Gasteiger partial charge in [0.15, 0.2) is 0 Å². The second kappa shape index (κ2) is 7.18. The number of fused-ring (bicyclic) bond motifs is 1. The van der Waals surface area contributed by atoms with E-state index in [-0.39, 0.29) is 17.4 Å². The maximum Gasteiger partial charge on any atom is 0.252 e. The molecule has 2 aliphatic heterocycles. The number of morpholine rings is 1. The minimum atomic E-state index is -3.51.